The molecule has 2 aromatic carbocycles. The average molecular weight is 293 g/mol. The van der Waals surface area contributed by atoms with Crippen LogP contribution in [0.4, 0.5) is 0 Å². The van der Waals surface area contributed by atoms with Crippen LogP contribution >= 0.6 is 0 Å². The molecule has 0 aromatic heterocycles. The molecule has 1 N–H and O–H groups in total. The van der Waals surface area contributed by atoms with Crippen LogP contribution in [0.5, 0.6) is 0 Å². The number of hydrogen-bond donors (Lipinski definition) is 1. The topological polar surface area (TPSA) is 40.5 Å². The summed E-state index contributed by atoms with van der Waals surface area (Å²) < 4.78 is 0. The molecule has 112 valence electrons. The van der Waals surface area contributed by atoms with Gasteiger partial charge in [-0.05, 0) is 17.5 Å². The standard InChI is InChI=1S/C19H19NO2/c21-18-19(22)16(17(19)15-9-5-2-6-10-15)13-20(18)12-11-14-7-3-1-4-8-14/h1-10,16-17,22H,11-13H2/t16-,17-,19+/m1/s1. The summed E-state index contributed by atoms with van der Waals surface area (Å²) in [6, 6.07) is 20.0. The first kappa shape index (κ1) is 13.5. The molecule has 2 aromatic rings. The van der Waals surface area contributed by atoms with Gasteiger partial charge in [0.25, 0.3) is 5.91 Å². The molecule has 0 bridgehead atoms. The number of amides is 1. The van der Waals surface area contributed by atoms with Gasteiger partial charge in [0.05, 0.1) is 0 Å². The second-order valence-electron chi connectivity index (χ2n) is 6.31. The van der Waals surface area contributed by atoms with Crippen molar-refractivity contribution < 1.29 is 9.90 Å². The van der Waals surface area contributed by atoms with Gasteiger partial charge >= 0.3 is 0 Å². The van der Waals surface area contributed by atoms with Crippen molar-refractivity contribution in [3.63, 3.8) is 0 Å². The van der Waals surface area contributed by atoms with Crippen molar-refractivity contribution >= 4 is 5.91 Å². The molecule has 0 unspecified atom stereocenters. The summed E-state index contributed by atoms with van der Waals surface area (Å²) in [5.41, 5.74) is 1.14. The first-order chi connectivity index (χ1) is 10.7. The summed E-state index contributed by atoms with van der Waals surface area (Å²) in [5.74, 6) is -0.0605. The van der Waals surface area contributed by atoms with Gasteiger partial charge in [-0.15, -0.1) is 0 Å². The second kappa shape index (κ2) is 4.96. The number of benzene rings is 2. The number of piperidine rings is 1. The molecular weight excluding hydrogens is 274 g/mol. The molecule has 4 rings (SSSR count). The Morgan fingerprint density at radius 2 is 1.68 bits per heavy atom. The minimum Gasteiger partial charge on any atom is -0.379 e. The fraction of sp³-hybridized carbons (Fsp3) is 0.316. The Labute approximate surface area is 130 Å². The van der Waals surface area contributed by atoms with E-state index in [1.165, 1.54) is 5.56 Å². The van der Waals surface area contributed by atoms with E-state index in [-0.39, 0.29) is 17.7 Å². The van der Waals surface area contributed by atoms with Gasteiger partial charge in [0.2, 0.25) is 0 Å². The monoisotopic (exact) mass is 293 g/mol. The highest BCUT2D eigenvalue weighted by atomic mass is 16.3. The van der Waals surface area contributed by atoms with E-state index in [0.29, 0.717) is 13.1 Å². The summed E-state index contributed by atoms with van der Waals surface area (Å²) in [5, 5.41) is 10.7. The molecule has 2 aliphatic rings. The van der Waals surface area contributed by atoms with Crippen LogP contribution in [0.2, 0.25) is 0 Å². The third-order valence-corrected chi connectivity index (χ3v) is 5.05. The third-order valence-electron chi connectivity index (χ3n) is 5.05. The van der Waals surface area contributed by atoms with E-state index in [0.717, 1.165) is 12.0 Å². The molecule has 3 heteroatoms. The van der Waals surface area contributed by atoms with Crippen molar-refractivity contribution in [3.05, 3.63) is 71.8 Å². The van der Waals surface area contributed by atoms with E-state index < -0.39 is 5.60 Å². The molecule has 3 atom stereocenters. The largest absolute Gasteiger partial charge is 0.379 e. The van der Waals surface area contributed by atoms with Crippen LogP contribution in [0.25, 0.3) is 0 Å². The van der Waals surface area contributed by atoms with Crippen LogP contribution in [0.3, 0.4) is 0 Å². The minimum absolute atomic E-state index is 0.0193. The number of aliphatic hydroxyl groups is 1. The number of carbonyl (C=O) groups excluding carboxylic acids is 1. The minimum atomic E-state index is -1.15. The predicted octanol–water partition coefficient (Wildman–Crippen LogP) is 2.22. The fourth-order valence-electron chi connectivity index (χ4n) is 3.80. The van der Waals surface area contributed by atoms with E-state index >= 15 is 0 Å². The summed E-state index contributed by atoms with van der Waals surface area (Å²) in [6.07, 6.45) is 0.839. The molecule has 3 nitrogen and oxygen atoms in total. The zero-order valence-electron chi connectivity index (χ0n) is 12.4. The van der Waals surface area contributed by atoms with Crippen LogP contribution in [-0.2, 0) is 11.2 Å². The van der Waals surface area contributed by atoms with Gasteiger partial charge in [-0.3, -0.25) is 4.79 Å². The van der Waals surface area contributed by atoms with Crippen molar-refractivity contribution in [2.45, 2.75) is 17.9 Å². The Hall–Kier alpha value is -2.13. The smallest absolute Gasteiger partial charge is 0.255 e. The van der Waals surface area contributed by atoms with E-state index in [1.807, 2.05) is 53.4 Å². The van der Waals surface area contributed by atoms with Crippen molar-refractivity contribution in [2.24, 2.45) is 5.92 Å². The molecule has 1 saturated heterocycles. The molecule has 1 saturated carbocycles. The van der Waals surface area contributed by atoms with Crippen LogP contribution in [-0.4, -0.2) is 34.6 Å². The maximum Gasteiger partial charge on any atom is 0.255 e. The quantitative estimate of drug-likeness (QED) is 0.939. The number of rotatable bonds is 4. The molecule has 0 radical (unpaired) electrons. The highest BCUT2D eigenvalue weighted by Gasteiger charge is 2.74. The summed E-state index contributed by atoms with van der Waals surface area (Å²) >= 11 is 0. The van der Waals surface area contributed by atoms with Crippen LogP contribution in [0.15, 0.2) is 60.7 Å². The van der Waals surface area contributed by atoms with Crippen molar-refractivity contribution in [1.29, 1.82) is 0 Å². The average Bonchev–Trinajstić information content (AvgIpc) is 3.09. The molecular formula is C19H19NO2. The zero-order chi connectivity index (χ0) is 15.2. The number of fused-ring (bicyclic) bond motifs is 1. The number of hydrogen-bond acceptors (Lipinski definition) is 2. The summed E-state index contributed by atoms with van der Waals surface area (Å²) in [7, 11) is 0. The van der Waals surface area contributed by atoms with Gasteiger partial charge in [0.1, 0.15) is 0 Å². The van der Waals surface area contributed by atoms with Crippen LogP contribution in [0.1, 0.15) is 17.0 Å². The number of carbonyl (C=O) groups is 1. The Kier molecular flexibility index (Phi) is 3.05. The molecule has 1 heterocycles. The Balaban J connectivity index is 1.43. The van der Waals surface area contributed by atoms with Crippen molar-refractivity contribution in [2.75, 3.05) is 13.1 Å². The fourth-order valence-corrected chi connectivity index (χ4v) is 3.80. The molecule has 22 heavy (non-hydrogen) atoms. The number of likely N-dealkylation sites (tertiary alicyclic amines) is 1. The van der Waals surface area contributed by atoms with Gasteiger partial charge in [0, 0.05) is 24.9 Å². The lowest BCUT2D eigenvalue weighted by Crippen LogP contribution is -2.37. The van der Waals surface area contributed by atoms with E-state index in [1.54, 1.807) is 0 Å². The maximum atomic E-state index is 12.5. The van der Waals surface area contributed by atoms with E-state index in [4.69, 9.17) is 0 Å². The molecule has 0 spiro atoms. The molecule has 2 fully saturated rings. The van der Waals surface area contributed by atoms with Gasteiger partial charge in [-0.2, -0.15) is 0 Å². The Morgan fingerprint density at radius 3 is 2.27 bits per heavy atom. The SMILES string of the molecule is O=C1N(CCc2ccccc2)C[C@@H]2[C@@H](c3ccccc3)[C@]12O. The highest BCUT2D eigenvalue weighted by Crippen LogP contribution is 2.62. The first-order valence-corrected chi connectivity index (χ1v) is 7.82. The maximum absolute atomic E-state index is 12.5. The predicted molar refractivity (Wildman–Crippen MR) is 84.3 cm³/mol. The first-order valence-electron chi connectivity index (χ1n) is 7.82. The third kappa shape index (κ3) is 1.97. The zero-order valence-corrected chi connectivity index (χ0v) is 12.4. The van der Waals surface area contributed by atoms with E-state index in [2.05, 4.69) is 12.1 Å². The lowest BCUT2D eigenvalue weighted by Gasteiger charge is -2.21. The lowest BCUT2D eigenvalue weighted by atomic mass is 10.1. The van der Waals surface area contributed by atoms with Gasteiger partial charge in [0.15, 0.2) is 5.60 Å². The molecule has 1 aliphatic carbocycles. The molecule has 1 aliphatic heterocycles. The Bertz CT molecular complexity index is 685. The highest BCUT2D eigenvalue weighted by molar-refractivity contribution is 5.94. The number of nitrogens with zero attached hydrogens (tertiary/aromatic N) is 1. The second-order valence-corrected chi connectivity index (χ2v) is 6.31. The van der Waals surface area contributed by atoms with Gasteiger partial charge in [-0.1, -0.05) is 60.7 Å². The Morgan fingerprint density at radius 1 is 1.05 bits per heavy atom. The van der Waals surface area contributed by atoms with Crippen molar-refractivity contribution in [1.82, 2.24) is 4.90 Å². The molecule has 1 amide bonds. The van der Waals surface area contributed by atoms with E-state index in [9.17, 15) is 9.90 Å². The normalized spacial score (nSPS) is 29.5. The summed E-state index contributed by atoms with van der Waals surface area (Å²) in [6.45, 7) is 1.35. The van der Waals surface area contributed by atoms with Gasteiger partial charge < -0.3 is 10.0 Å². The van der Waals surface area contributed by atoms with Crippen molar-refractivity contribution in [3.8, 4) is 0 Å². The lowest BCUT2D eigenvalue weighted by molar-refractivity contribution is -0.138. The van der Waals surface area contributed by atoms with Gasteiger partial charge in [-0.25, -0.2) is 0 Å². The van der Waals surface area contributed by atoms with Crippen LogP contribution < -0.4 is 0 Å². The van der Waals surface area contributed by atoms with Crippen LogP contribution in [0, 0.1) is 5.92 Å². The summed E-state index contributed by atoms with van der Waals surface area (Å²) in [4.78, 5) is 14.4.